The molecular formula is C16H15ClFN3O4S. The summed E-state index contributed by atoms with van der Waals surface area (Å²) in [5.74, 6) is -1.17. The van der Waals surface area contributed by atoms with Gasteiger partial charge in [-0.1, -0.05) is 17.7 Å². The molecule has 0 bridgehead atoms. The first-order chi connectivity index (χ1) is 12.4. The minimum atomic E-state index is -0.923. The van der Waals surface area contributed by atoms with Crippen molar-refractivity contribution in [1.29, 1.82) is 0 Å². The van der Waals surface area contributed by atoms with Crippen LogP contribution in [0.2, 0.25) is 5.02 Å². The van der Waals surface area contributed by atoms with Gasteiger partial charge in [0, 0.05) is 18.8 Å². The number of carbonyl (C=O) groups is 1. The van der Waals surface area contributed by atoms with Gasteiger partial charge in [-0.3, -0.25) is 9.48 Å². The monoisotopic (exact) mass is 399 g/mol. The zero-order valence-corrected chi connectivity index (χ0v) is 15.5. The van der Waals surface area contributed by atoms with Crippen molar-refractivity contribution in [2.24, 2.45) is 4.99 Å². The number of hydrogen-bond acceptors (Lipinski definition) is 6. The highest BCUT2D eigenvalue weighted by atomic mass is 35.5. The van der Waals surface area contributed by atoms with Crippen molar-refractivity contribution in [2.75, 3.05) is 7.11 Å². The Morgan fingerprint density at radius 3 is 2.96 bits per heavy atom. The number of aromatic nitrogens is 2. The maximum atomic E-state index is 14.3. The summed E-state index contributed by atoms with van der Waals surface area (Å²) in [5.41, 5.74) is -0.0480. The van der Waals surface area contributed by atoms with Crippen LogP contribution in [0.15, 0.2) is 28.0 Å². The van der Waals surface area contributed by atoms with Crippen LogP contribution in [-0.4, -0.2) is 28.5 Å². The first-order valence-electron chi connectivity index (χ1n) is 7.68. The number of methoxy groups -OCH3 is 1. The fourth-order valence-electron chi connectivity index (χ4n) is 2.37. The topological polar surface area (TPSA) is 74.8 Å². The molecule has 138 valence electrons. The van der Waals surface area contributed by atoms with Crippen molar-refractivity contribution >= 4 is 40.8 Å². The molecule has 0 fully saturated rings. The highest BCUT2D eigenvalue weighted by Gasteiger charge is 2.18. The molecule has 0 amide bonds. The Hall–Kier alpha value is -2.39. The second-order valence-electron chi connectivity index (χ2n) is 5.42. The summed E-state index contributed by atoms with van der Waals surface area (Å²) in [5, 5.41) is -0.000105. The lowest BCUT2D eigenvalue weighted by Crippen LogP contribution is -2.26. The summed E-state index contributed by atoms with van der Waals surface area (Å²) in [6.45, 7) is 2.05. The standard InChI is InChI=1S/C16H15ClFN3O4S/c1-9(14(22)24-2)25-13-8-12(11(18)7-10(13)17)19-15-20-5-3-4-6-21(20)16(23)26-15/h4,6-9H,3,5H2,1-2H3. The van der Waals surface area contributed by atoms with Crippen LogP contribution in [0.3, 0.4) is 0 Å². The van der Waals surface area contributed by atoms with Crippen molar-refractivity contribution in [3.8, 4) is 5.75 Å². The van der Waals surface area contributed by atoms with Gasteiger partial charge in [0.15, 0.2) is 11.9 Å². The van der Waals surface area contributed by atoms with E-state index < -0.39 is 17.9 Å². The van der Waals surface area contributed by atoms with E-state index in [1.54, 1.807) is 10.9 Å². The summed E-state index contributed by atoms with van der Waals surface area (Å²) >= 11 is 6.90. The van der Waals surface area contributed by atoms with E-state index in [0.29, 0.717) is 11.3 Å². The fourth-order valence-corrected chi connectivity index (χ4v) is 3.40. The molecule has 0 spiro atoms. The smallest absolute Gasteiger partial charge is 0.346 e. The first kappa shape index (κ1) is 18.4. The molecule has 0 saturated heterocycles. The van der Waals surface area contributed by atoms with Crippen LogP contribution in [0.5, 0.6) is 5.75 Å². The molecule has 1 atom stereocenters. The number of benzene rings is 1. The zero-order valence-electron chi connectivity index (χ0n) is 13.9. The predicted molar refractivity (Wildman–Crippen MR) is 95.3 cm³/mol. The second kappa shape index (κ2) is 7.46. The van der Waals surface area contributed by atoms with E-state index in [4.69, 9.17) is 16.3 Å². The summed E-state index contributed by atoms with van der Waals surface area (Å²) in [7, 11) is 1.24. The van der Waals surface area contributed by atoms with Gasteiger partial charge in [-0.25, -0.2) is 18.9 Å². The number of allylic oxidation sites excluding steroid dienone is 1. The van der Waals surface area contributed by atoms with Crippen molar-refractivity contribution in [3.63, 3.8) is 0 Å². The van der Waals surface area contributed by atoms with Crippen LogP contribution >= 0.6 is 22.9 Å². The number of esters is 1. The molecule has 0 radical (unpaired) electrons. The molecule has 10 heteroatoms. The number of ether oxygens (including phenoxy) is 2. The average Bonchev–Trinajstić information content (AvgIpc) is 2.94. The van der Waals surface area contributed by atoms with Gasteiger partial charge >= 0.3 is 10.8 Å². The second-order valence-corrected chi connectivity index (χ2v) is 6.75. The van der Waals surface area contributed by atoms with Gasteiger partial charge in [-0.05, 0) is 30.7 Å². The number of fused-ring (bicyclic) bond motifs is 1. The molecule has 1 aromatic heterocycles. The van der Waals surface area contributed by atoms with Gasteiger partial charge in [-0.2, -0.15) is 0 Å². The normalized spacial score (nSPS) is 14.8. The molecule has 3 rings (SSSR count). The van der Waals surface area contributed by atoms with E-state index in [1.165, 1.54) is 24.8 Å². The highest BCUT2D eigenvalue weighted by Crippen LogP contribution is 2.32. The van der Waals surface area contributed by atoms with Crippen LogP contribution in [0.25, 0.3) is 6.20 Å². The maximum absolute atomic E-state index is 14.3. The Labute approximate surface area is 156 Å². The molecule has 2 aromatic rings. The van der Waals surface area contributed by atoms with Crippen molar-refractivity contribution in [3.05, 3.63) is 43.5 Å². The van der Waals surface area contributed by atoms with E-state index in [1.807, 2.05) is 6.08 Å². The largest absolute Gasteiger partial charge is 0.477 e. The summed E-state index contributed by atoms with van der Waals surface area (Å²) in [6, 6.07) is 2.34. The van der Waals surface area contributed by atoms with Crippen LogP contribution in [0, 0.1) is 5.82 Å². The maximum Gasteiger partial charge on any atom is 0.346 e. The summed E-state index contributed by atoms with van der Waals surface area (Å²) in [6.07, 6.45) is 3.36. The van der Waals surface area contributed by atoms with Gasteiger partial charge in [0.05, 0.1) is 12.1 Å². The van der Waals surface area contributed by atoms with E-state index in [2.05, 4.69) is 9.73 Å². The number of carbonyl (C=O) groups excluding carboxylic acids is 1. The minimum absolute atomic E-state index is 0.000105. The van der Waals surface area contributed by atoms with E-state index >= 15 is 0 Å². The summed E-state index contributed by atoms with van der Waals surface area (Å²) in [4.78, 5) is 27.9. The zero-order chi connectivity index (χ0) is 18.8. The lowest BCUT2D eigenvalue weighted by atomic mass is 10.3. The van der Waals surface area contributed by atoms with Gasteiger partial charge < -0.3 is 9.47 Å². The van der Waals surface area contributed by atoms with Gasteiger partial charge in [-0.15, -0.1) is 0 Å². The predicted octanol–water partition coefficient (Wildman–Crippen LogP) is 2.55. The first-order valence-corrected chi connectivity index (χ1v) is 8.87. The Bertz CT molecular complexity index is 1010. The van der Waals surface area contributed by atoms with E-state index in [0.717, 1.165) is 23.8 Å². The molecule has 1 aliphatic rings. The molecular weight excluding hydrogens is 385 g/mol. The number of nitrogens with zero attached hydrogens (tertiary/aromatic N) is 3. The molecule has 0 N–H and O–H groups in total. The Morgan fingerprint density at radius 2 is 2.23 bits per heavy atom. The van der Waals surface area contributed by atoms with E-state index in [-0.39, 0.29) is 21.3 Å². The van der Waals surface area contributed by atoms with Crippen LogP contribution in [0.1, 0.15) is 13.3 Å². The van der Waals surface area contributed by atoms with Crippen molar-refractivity contribution in [1.82, 2.24) is 9.36 Å². The third-order valence-corrected chi connectivity index (χ3v) is 4.80. The number of hydrogen-bond donors (Lipinski definition) is 0. The molecule has 1 unspecified atom stereocenters. The lowest BCUT2D eigenvalue weighted by molar-refractivity contribution is -0.147. The van der Waals surface area contributed by atoms with Crippen LogP contribution in [0.4, 0.5) is 10.1 Å². The minimum Gasteiger partial charge on any atom is -0.477 e. The molecule has 2 heterocycles. The average molecular weight is 400 g/mol. The third-order valence-electron chi connectivity index (χ3n) is 3.66. The Balaban J connectivity index is 2.04. The Morgan fingerprint density at radius 1 is 1.46 bits per heavy atom. The highest BCUT2D eigenvalue weighted by molar-refractivity contribution is 7.06. The number of halogens is 2. The SMILES string of the molecule is COC(=O)C(C)Oc1cc(N=c2sc(=O)n3n2CCC=C3)c(F)cc1Cl. The van der Waals surface area contributed by atoms with Crippen molar-refractivity contribution in [2.45, 2.75) is 26.0 Å². The Kier molecular flexibility index (Phi) is 5.28. The van der Waals surface area contributed by atoms with Gasteiger partial charge in [0.25, 0.3) is 0 Å². The molecule has 0 saturated carbocycles. The van der Waals surface area contributed by atoms with Crippen LogP contribution in [-0.2, 0) is 16.1 Å². The van der Waals surface area contributed by atoms with Crippen LogP contribution < -0.4 is 14.4 Å². The van der Waals surface area contributed by atoms with E-state index in [9.17, 15) is 14.0 Å². The fraction of sp³-hybridized carbons (Fsp3) is 0.312. The third kappa shape index (κ3) is 3.58. The number of rotatable bonds is 4. The van der Waals surface area contributed by atoms with Gasteiger partial charge in [0.2, 0.25) is 4.80 Å². The quantitative estimate of drug-likeness (QED) is 0.740. The molecule has 0 aliphatic carbocycles. The summed E-state index contributed by atoms with van der Waals surface area (Å²) < 4.78 is 27.4. The molecule has 1 aliphatic heterocycles. The van der Waals surface area contributed by atoms with Crippen molar-refractivity contribution < 1.29 is 18.7 Å². The molecule has 1 aromatic carbocycles. The molecule has 7 nitrogen and oxygen atoms in total. The van der Waals surface area contributed by atoms with Gasteiger partial charge in [0.1, 0.15) is 11.4 Å². The molecule has 26 heavy (non-hydrogen) atoms. The lowest BCUT2D eigenvalue weighted by Gasteiger charge is -2.14.